The molecule has 0 atom stereocenters. The van der Waals surface area contributed by atoms with Crippen LogP contribution in [0, 0.1) is 6.92 Å². The lowest BCUT2D eigenvalue weighted by Gasteiger charge is -2.41. The number of aromatic nitrogens is 1. The smallest absolute Gasteiger partial charge is 0.256 e. The van der Waals surface area contributed by atoms with E-state index in [1.54, 1.807) is 0 Å². The van der Waals surface area contributed by atoms with Gasteiger partial charge in [0, 0.05) is 42.8 Å². The van der Waals surface area contributed by atoms with Crippen molar-refractivity contribution in [2.75, 3.05) is 0 Å². The molecule has 8 aromatic rings. The lowest BCUT2D eigenvalue weighted by molar-refractivity contribution is 0.482. The highest BCUT2D eigenvalue weighted by Crippen LogP contribution is 2.45. The molecule has 7 aromatic carbocycles. The van der Waals surface area contributed by atoms with E-state index in [2.05, 4.69) is 145 Å². The SMILES string of the molecule is Cc1c2c3c4c5c1Sc1ccc(-c6ccccc6)cc1B5c1cccc5c6cccc(c6n-4c15)B3c1cc(-c3ccccc3)ccc1O2. The zero-order chi connectivity index (χ0) is 31.2. The Morgan fingerprint density at radius 1 is 0.542 bits per heavy atom. The molecular formula is C43H25B2NOS. The summed E-state index contributed by atoms with van der Waals surface area (Å²) >= 11 is 1.92. The van der Waals surface area contributed by atoms with Gasteiger partial charge in [-0.05, 0) is 68.6 Å². The zero-order valence-corrected chi connectivity index (χ0v) is 26.9. The lowest BCUT2D eigenvalue weighted by atomic mass is 9.30. The molecule has 0 unspecified atom stereocenters. The molecule has 2 nitrogen and oxygen atoms in total. The van der Waals surface area contributed by atoms with Gasteiger partial charge in [0.2, 0.25) is 6.71 Å². The van der Waals surface area contributed by atoms with Crippen molar-refractivity contribution in [3.05, 3.63) is 139 Å². The first kappa shape index (κ1) is 25.7. The zero-order valence-electron chi connectivity index (χ0n) is 26.1. The fourth-order valence-corrected chi connectivity index (χ4v) is 10.5. The molecule has 220 valence electrons. The fraction of sp³-hybridized carbons (Fsp3) is 0.0233. The van der Waals surface area contributed by atoms with Gasteiger partial charge in [-0.25, -0.2) is 0 Å². The Morgan fingerprint density at radius 3 is 1.81 bits per heavy atom. The number of nitrogens with zero attached hydrogens (tertiary/aromatic N) is 1. The Bertz CT molecular complexity index is 2570. The third kappa shape index (κ3) is 3.05. The molecule has 4 aliphatic rings. The molecule has 0 radical (unpaired) electrons. The summed E-state index contributed by atoms with van der Waals surface area (Å²) in [5.41, 5.74) is 18.4. The number of rotatable bonds is 2. The van der Waals surface area contributed by atoms with Crippen LogP contribution in [0.15, 0.2) is 143 Å². The van der Waals surface area contributed by atoms with Gasteiger partial charge in [0.25, 0.3) is 6.71 Å². The second-order valence-corrected chi connectivity index (χ2v) is 14.6. The van der Waals surface area contributed by atoms with Gasteiger partial charge in [-0.15, -0.1) is 0 Å². The Balaban J connectivity index is 1.22. The summed E-state index contributed by atoms with van der Waals surface area (Å²) in [5.74, 6) is 2.00. The molecule has 0 spiro atoms. The summed E-state index contributed by atoms with van der Waals surface area (Å²) in [6.45, 7) is 2.51. The van der Waals surface area contributed by atoms with Crippen molar-refractivity contribution >= 4 is 79.8 Å². The van der Waals surface area contributed by atoms with Crippen LogP contribution in [0.4, 0.5) is 0 Å². The van der Waals surface area contributed by atoms with Crippen molar-refractivity contribution in [2.24, 2.45) is 0 Å². The number of hydrogen-bond donors (Lipinski definition) is 0. The molecule has 12 rings (SSSR count). The summed E-state index contributed by atoms with van der Waals surface area (Å²) in [4.78, 5) is 2.68. The topological polar surface area (TPSA) is 14.2 Å². The summed E-state index contributed by atoms with van der Waals surface area (Å²) in [6.07, 6.45) is 0. The van der Waals surface area contributed by atoms with Gasteiger partial charge in [-0.3, -0.25) is 0 Å². The van der Waals surface area contributed by atoms with Crippen molar-refractivity contribution in [2.45, 2.75) is 16.7 Å². The number of fused-ring (bicyclic) bond motifs is 7. The van der Waals surface area contributed by atoms with E-state index >= 15 is 0 Å². The van der Waals surface area contributed by atoms with Crippen molar-refractivity contribution in [3.8, 4) is 39.4 Å². The van der Waals surface area contributed by atoms with E-state index in [1.165, 1.54) is 97.9 Å². The molecule has 0 fully saturated rings. The lowest BCUT2D eigenvalue weighted by Crippen LogP contribution is -2.65. The van der Waals surface area contributed by atoms with Gasteiger partial charge >= 0.3 is 0 Å². The predicted molar refractivity (Wildman–Crippen MR) is 203 cm³/mol. The third-order valence-electron chi connectivity index (χ3n) is 11.3. The molecule has 0 saturated heterocycles. The molecule has 0 aliphatic carbocycles. The van der Waals surface area contributed by atoms with Gasteiger partial charge < -0.3 is 9.30 Å². The molecule has 0 amide bonds. The highest BCUT2D eigenvalue weighted by Gasteiger charge is 2.49. The van der Waals surface area contributed by atoms with Gasteiger partial charge in [0.05, 0.1) is 0 Å². The minimum atomic E-state index is 0.0798. The molecule has 0 N–H and O–H groups in total. The minimum Gasteiger partial charge on any atom is -0.458 e. The average molecular weight is 625 g/mol. The van der Waals surface area contributed by atoms with Crippen molar-refractivity contribution in [1.29, 1.82) is 0 Å². The summed E-state index contributed by atoms with van der Waals surface area (Å²) < 4.78 is 9.69. The number of para-hydroxylation sites is 2. The van der Waals surface area contributed by atoms with Gasteiger partial charge in [0.15, 0.2) is 0 Å². The van der Waals surface area contributed by atoms with E-state index in [9.17, 15) is 0 Å². The Kier molecular flexibility index (Phi) is 4.79. The molecule has 5 heteroatoms. The molecule has 0 bridgehead atoms. The van der Waals surface area contributed by atoms with Gasteiger partial charge in [0.1, 0.15) is 11.5 Å². The average Bonchev–Trinajstić information content (AvgIpc) is 3.49. The van der Waals surface area contributed by atoms with Gasteiger partial charge in [-0.1, -0.05) is 139 Å². The van der Waals surface area contributed by atoms with Crippen LogP contribution in [-0.4, -0.2) is 18.0 Å². The minimum absolute atomic E-state index is 0.0798. The maximum atomic E-state index is 7.06. The summed E-state index contributed by atoms with van der Waals surface area (Å²) in [6, 6.07) is 49.4. The quantitative estimate of drug-likeness (QED) is 0.200. The highest BCUT2D eigenvalue weighted by atomic mass is 32.2. The standard InChI is InChI=1S/C43H25B2NOS/c1-24-42-37-41-38-43(24)48-36-21-19-28(26-12-6-3-7-13-26)23-34(36)45(38)32-17-9-15-30-29-14-8-16-31(39(29)46(41)40(30)32)44(37)33-22-27(18-20-35(33)47-42)25-10-4-2-5-11-25/h2-23H,1H3. The first-order chi connectivity index (χ1) is 23.7. The highest BCUT2D eigenvalue weighted by molar-refractivity contribution is 8.00. The molecule has 5 heterocycles. The number of hydrogen-bond acceptors (Lipinski definition) is 2. The van der Waals surface area contributed by atoms with Crippen LogP contribution in [0.2, 0.25) is 0 Å². The fourth-order valence-electron chi connectivity index (χ4n) is 9.30. The van der Waals surface area contributed by atoms with Crippen molar-refractivity contribution in [3.63, 3.8) is 0 Å². The van der Waals surface area contributed by atoms with E-state index < -0.39 is 0 Å². The normalized spacial score (nSPS) is 13.9. The molecule has 0 saturated carbocycles. The van der Waals surface area contributed by atoms with Crippen LogP contribution in [0.3, 0.4) is 0 Å². The number of benzene rings is 7. The molecule has 1 aromatic heterocycles. The van der Waals surface area contributed by atoms with E-state index in [0.29, 0.717) is 0 Å². The van der Waals surface area contributed by atoms with E-state index in [1.807, 2.05) is 11.8 Å². The third-order valence-corrected chi connectivity index (χ3v) is 12.6. The largest absolute Gasteiger partial charge is 0.458 e. The van der Waals surface area contributed by atoms with E-state index in [-0.39, 0.29) is 13.4 Å². The molecular weight excluding hydrogens is 600 g/mol. The van der Waals surface area contributed by atoms with Crippen LogP contribution in [0.25, 0.3) is 49.7 Å². The van der Waals surface area contributed by atoms with Crippen LogP contribution < -0.4 is 37.5 Å². The second-order valence-electron chi connectivity index (χ2n) is 13.6. The van der Waals surface area contributed by atoms with Crippen LogP contribution in [0.1, 0.15) is 5.56 Å². The number of ether oxygens (including phenoxy) is 1. The predicted octanol–water partition coefficient (Wildman–Crippen LogP) is 6.66. The molecule has 4 aliphatic heterocycles. The van der Waals surface area contributed by atoms with Crippen molar-refractivity contribution in [1.82, 2.24) is 4.57 Å². The summed E-state index contributed by atoms with van der Waals surface area (Å²) in [5, 5.41) is 2.67. The summed E-state index contributed by atoms with van der Waals surface area (Å²) in [7, 11) is 0. The monoisotopic (exact) mass is 625 g/mol. The first-order valence-corrected chi connectivity index (χ1v) is 17.6. The maximum absolute atomic E-state index is 7.06. The van der Waals surface area contributed by atoms with Crippen LogP contribution in [-0.2, 0) is 0 Å². The first-order valence-electron chi connectivity index (χ1n) is 16.8. The Hall–Kier alpha value is -5.38. The Morgan fingerprint density at radius 2 is 1.15 bits per heavy atom. The maximum Gasteiger partial charge on any atom is 0.256 e. The molecule has 48 heavy (non-hydrogen) atoms. The van der Waals surface area contributed by atoms with E-state index in [4.69, 9.17) is 4.74 Å². The van der Waals surface area contributed by atoms with Crippen molar-refractivity contribution < 1.29 is 4.74 Å². The van der Waals surface area contributed by atoms with Crippen LogP contribution >= 0.6 is 11.8 Å². The second kappa shape index (κ2) is 8.94. The van der Waals surface area contributed by atoms with Crippen LogP contribution in [0.5, 0.6) is 11.5 Å². The Labute approximate surface area is 283 Å². The van der Waals surface area contributed by atoms with E-state index in [0.717, 1.165) is 11.5 Å². The van der Waals surface area contributed by atoms with Gasteiger partial charge in [-0.2, -0.15) is 0 Å².